The SMILES string of the molecule is Cc1ccc(Br)c(C(=O)NC2(C(=O)O)CCCCC2)c1. The molecule has 0 bridgehead atoms. The highest BCUT2D eigenvalue weighted by Crippen LogP contribution is 2.29. The van der Waals surface area contributed by atoms with Gasteiger partial charge in [0.05, 0.1) is 5.56 Å². The molecule has 1 fully saturated rings. The van der Waals surface area contributed by atoms with E-state index in [1.54, 1.807) is 12.1 Å². The smallest absolute Gasteiger partial charge is 0.329 e. The molecule has 1 aromatic rings. The number of hydrogen-bond acceptors (Lipinski definition) is 2. The number of halogens is 1. The minimum atomic E-state index is -1.11. The van der Waals surface area contributed by atoms with Crippen LogP contribution < -0.4 is 5.32 Å². The first-order chi connectivity index (χ1) is 9.44. The van der Waals surface area contributed by atoms with Gasteiger partial charge in [0, 0.05) is 4.47 Å². The largest absolute Gasteiger partial charge is 0.480 e. The third kappa shape index (κ3) is 3.03. The lowest BCUT2D eigenvalue weighted by molar-refractivity contribution is -0.145. The minimum absolute atomic E-state index is 0.329. The maximum atomic E-state index is 12.4. The molecule has 0 radical (unpaired) electrons. The zero-order chi connectivity index (χ0) is 14.8. The highest BCUT2D eigenvalue weighted by molar-refractivity contribution is 9.10. The molecule has 0 aromatic heterocycles. The van der Waals surface area contributed by atoms with Gasteiger partial charge in [-0.3, -0.25) is 4.79 Å². The van der Waals surface area contributed by atoms with Crippen LogP contribution in [0.25, 0.3) is 0 Å². The lowest BCUT2D eigenvalue weighted by Crippen LogP contribution is -2.55. The van der Waals surface area contributed by atoms with Gasteiger partial charge in [-0.2, -0.15) is 0 Å². The van der Waals surface area contributed by atoms with E-state index < -0.39 is 11.5 Å². The lowest BCUT2D eigenvalue weighted by Gasteiger charge is -2.34. The maximum absolute atomic E-state index is 12.4. The summed E-state index contributed by atoms with van der Waals surface area (Å²) >= 11 is 3.34. The zero-order valence-corrected chi connectivity index (χ0v) is 13.0. The molecule has 5 heteroatoms. The van der Waals surface area contributed by atoms with Crippen molar-refractivity contribution in [2.75, 3.05) is 0 Å². The monoisotopic (exact) mass is 339 g/mol. The van der Waals surface area contributed by atoms with Crippen molar-refractivity contribution in [1.82, 2.24) is 5.32 Å². The first-order valence-electron chi connectivity index (χ1n) is 6.77. The minimum Gasteiger partial charge on any atom is -0.480 e. The molecule has 2 N–H and O–H groups in total. The molecule has 1 amide bonds. The number of carboxylic acid groups (broad SMARTS) is 1. The van der Waals surface area contributed by atoms with Crippen LogP contribution in [-0.4, -0.2) is 22.5 Å². The standard InChI is InChI=1S/C15H18BrNO3/c1-10-5-6-12(16)11(9-10)13(18)17-15(14(19)20)7-3-2-4-8-15/h5-6,9H,2-4,7-8H2,1H3,(H,17,18)(H,19,20). The van der Waals surface area contributed by atoms with Crippen molar-refractivity contribution in [2.45, 2.75) is 44.6 Å². The summed E-state index contributed by atoms with van der Waals surface area (Å²) in [7, 11) is 0. The Morgan fingerprint density at radius 3 is 2.50 bits per heavy atom. The van der Waals surface area contributed by atoms with Crippen LogP contribution in [0.1, 0.15) is 48.0 Å². The summed E-state index contributed by atoms with van der Waals surface area (Å²) in [5.41, 5.74) is 0.334. The average Bonchev–Trinajstić information content (AvgIpc) is 2.42. The van der Waals surface area contributed by atoms with Crippen LogP contribution in [0.15, 0.2) is 22.7 Å². The second-order valence-electron chi connectivity index (χ2n) is 5.39. The van der Waals surface area contributed by atoms with Gasteiger partial charge in [0.2, 0.25) is 0 Å². The summed E-state index contributed by atoms with van der Waals surface area (Å²) in [6, 6.07) is 5.46. The Morgan fingerprint density at radius 1 is 1.25 bits per heavy atom. The number of benzene rings is 1. The lowest BCUT2D eigenvalue weighted by atomic mass is 9.81. The Morgan fingerprint density at radius 2 is 1.90 bits per heavy atom. The molecule has 4 nitrogen and oxygen atoms in total. The molecular weight excluding hydrogens is 322 g/mol. The molecule has 1 aliphatic carbocycles. The van der Waals surface area contributed by atoms with Crippen molar-refractivity contribution in [3.63, 3.8) is 0 Å². The summed E-state index contributed by atoms with van der Waals surface area (Å²) < 4.78 is 0.678. The number of carboxylic acids is 1. The molecule has 0 aliphatic heterocycles. The van der Waals surface area contributed by atoms with E-state index in [2.05, 4.69) is 21.2 Å². The number of carbonyl (C=O) groups is 2. The van der Waals surface area contributed by atoms with Crippen molar-refractivity contribution < 1.29 is 14.7 Å². The quantitative estimate of drug-likeness (QED) is 0.887. The van der Waals surface area contributed by atoms with Crippen LogP contribution in [0.2, 0.25) is 0 Å². The molecule has 0 heterocycles. The fraction of sp³-hybridized carbons (Fsp3) is 0.467. The number of carbonyl (C=O) groups excluding carboxylic acids is 1. The zero-order valence-electron chi connectivity index (χ0n) is 11.4. The summed E-state index contributed by atoms with van der Waals surface area (Å²) in [5, 5.41) is 12.2. The topological polar surface area (TPSA) is 66.4 Å². The predicted molar refractivity (Wildman–Crippen MR) is 79.8 cm³/mol. The van der Waals surface area contributed by atoms with E-state index in [1.165, 1.54) is 0 Å². The molecule has 0 atom stereocenters. The van der Waals surface area contributed by atoms with Crippen LogP contribution in [-0.2, 0) is 4.79 Å². The van der Waals surface area contributed by atoms with Gasteiger partial charge < -0.3 is 10.4 Å². The van der Waals surface area contributed by atoms with Gasteiger partial charge in [0.1, 0.15) is 5.54 Å². The molecule has 0 saturated heterocycles. The summed E-state index contributed by atoms with van der Waals surface area (Å²) in [6.07, 6.45) is 3.69. The van der Waals surface area contributed by atoms with Crippen molar-refractivity contribution in [3.05, 3.63) is 33.8 Å². The number of hydrogen-bond donors (Lipinski definition) is 2. The second-order valence-corrected chi connectivity index (χ2v) is 6.24. The van der Waals surface area contributed by atoms with Crippen molar-refractivity contribution >= 4 is 27.8 Å². The Labute approximate surface area is 126 Å². The van der Waals surface area contributed by atoms with E-state index in [0.29, 0.717) is 22.9 Å². The molecule has 0 unspecified atom stereocenters. The van der Waals surface area contributed by atoms with E-state index in [0.717, 1.165) is 24.8 Å². The normalized spacial score (nSPS) is 17.5. The van der Waals surface area contributed by atoms with Gasteiger partial charge in [0.25, 0.3) is 5.91 Å². The van der Waals surface area contributed by atoms with E-state index in [1.807, 2.05) is 13.0 Å². The van der Waals surface area contributed by atoms with E-state index in [9.17, 15) is 14.7 Å². The highest BCUT2D eigenvalue weighted by atomic mass is 79.9. The average molecular weight is 340 g/mol. The fourth-order valence-electron chi connectivity index (χ4n) is 2.65. The number of nitrogens with one attached hydrogen (secondary N) is 1. The van der Waals surface area contributed by atoms with E-state index >= 15 is 0 Å². The number of aliphatic carboxylic acids is 1. The predicted octanol–water partition coefficient (Wildman–Crippen LogP) is 3.27. The summed E-state index contributed by atoms with van der Waals surface area (Å²) in [5.74, 6) is -1.26. The van der Waals surface area contributed by atoms with Gasteiger partial charge in [-0.1, -0.05) is 30.9 Å². The van der Waals surface area contributed by atoms with Gasteiger partial charge >= 0.3 is 5.97 Å². The molecule has 0 spiro atoms. The first-order valence-corrected chi connectivity index (χ1v) is 7.56. The first kappa shape index (κ1) is 15.0. The van der Waals surface area contributed by atoms with Gasteiger partial charge in [0.15, 0.2) is 0 Å². The van der Waals surface area contributed by atoms with E-state index in [4.69, 9.17) is 0 Å². The van der Waals surface area contributed by atoms with E-state index in [-0.39, 0.29) is 5.91 Å². The number of aryl methyl sites for hydroxylation is 1. The number of amides is 1. The summed E-state index contributed by atoms with van der Waals surface area (Å²) in [6.45, 7) is 1.90. The van der Waals surface area contributed by atoms with Gasteiger partial charge in [-0.25, -0.2) is 4.79 Å². The fourth-order valence-corrected chi connectivity index (χ4v) is 3.07. The van der Waals surface area contributed by atoms with Crippen LogP contribution in [0.5, 0.6) is 0 Å². The van der Waals surface area contributed by atoms with Crippen LogP contribution in [0.4, 0.5) is 0 Å². The Bertz CT molecular complexity index is 536. The summed E-state index contributed by atoms with van der Waals surface area (Å²) in [4.78, 5) is 24.0. The molecule has 1 saturated carbocycles. The molecule has 20 heavy (non-hydrogen) atoms. The maximum Gasteiger partial charge on any atom is 0.329 e. The Kier molecular flexibility index (Phi) is 4.48. The van der Waals surface area contributed by atoms with Gasteiger partial charge in [-0.15, -0.1) is 0 Å². The van der Waals surface area contributed by atoms with Crippen LogP contribution >= 0.6 is 15.9 Å². The molecule has 1 aromatic carbocycles. The second kappa shape index (κ2) is 5.95. The van der Waals surface area contributed by atoms with Crippen molar-refractivity contribution in [3.8, 4) is 0 Å². The van der Waals surface area contributed by atoms with Crippen LogP contribution in [0, 0.1) is 6.92 Å². The number of rotatable bonds is 3. The molecule has 1 aliphatic rings. The van der Waals surface area contributed by atoms with Crippen molar-refractivity contribution in [1.29, 1.82) is 0 Å². The van der Waals surface area contributed by atoms with Gasteiger partial charge in [-0.05, 0) is 47.8 Å². The third-order valence-corrected chi connectivity index (χ3v) is 4.53. The third-order valence-electron chi connectivity index (χ3n) is 3.84. The molecule has 108 valence electrons. The molecular formula is C15H18BrNO3. The van der Waals surface area contributed by atoms with Crippen LogP contribution in [0.3, 0.4) is 0 Å². The van der Waals surface area contributed by atoms with Crippen molar-refractivity contribution in [2.24, 2.45) is 0 Å². The Hall–Kier alpha value is -1.36. The highest BCUT2D eigenvalue weighted by Gasteiger charge is 2.41. The molecule has 2 rings (SSSR count). The Balaban J connectivity index is 2.24.